The maximum Gasteiger partial charge on any atom is 0.326 e. The van der Waals surface area contributed by atoms with E-state index in [1.807, 2.05) is 27.7 Å². The Labute approximate surface area is 116 Å². The van der Waals surface area contributed by atoms with Crippen molar-refractivity contribution in [1.82, 2.24) is 14.9 Å². The standard InChI is InChI=1S/C12H19N3O3S/c1-5-6-7(11(17)18)13-10(16)8-9(12(2,3)4)14-15-19-8/h7H,5-6H2,1-4H3,(H,13,16)(H,17,18). The van der Waals surface area contributed by atoms with Crippen molar-refractivity contribution in [3.63, 3.8) is 0 Å². The second-order valence-corrected chi connectivity index (χ2v) is 6.11. The third-order valence-corrected chi connectivity index (χ3v) is 3.31. The summed E-state index contributed by atoms with van der Waals surface area (Å²) in [6, 6.07) is -0.868. The first-order valence-electron chi connectivity index (χ1n) is 6.13. The zero-order valence-electron chi connectivity index (χ0n) is 11.6. The lowest BCUT2D eigenvalue weighted by Crippen LogP contribution is -2.41. The summed E-state index contributed by atoms with van der Waals surface area (Å²) in [6.07, 6.45) is 1.09. The van der Waals surface area contributed by atoms with E-state index in [1.165, 1.54) is 0 Å². The number of carbonyl (C=O) groups excluding carboxylic acids is 1. The third kappa shape index (κ3) is 3.99. The molecule has 1 aromatic rings. The molecule has 1 amide bonds. The molecule has 0 radical (unpaired) electrons. The molecule has 0 bridgehead atoms. The highest BCUT2D eigenvalue weighted by atomic mass is 32.1. The molecule has 2 N–H and O–H groups in total. The predicted molar refractivity (Wildman–Crippen MR) is 72.4 cm³/mol. The predicted octanol–water partition coefficient (Wildman–Crippen LogP) is 1.82. The molecular formula is C12H19N3O3S. The number of rotatable bonds is 5. The van der Waals surface area contributed by atoms with E-state index in [1.54, 1.807) is 0 Å². The van der Waals surface area contributed by atoms with Crippen molar-refractivity contribution in [2.45, 2.75) is 52.0 Å². The van der Waals surface area contributed by atoms with Crippen molar-refractivity contribution < 1.29 is 14.7 Å². The number of hydrogen-bond acceptors (Lipinski definition) is 5. The van der Waals surface area contributed by atoms with Gasteiger partial charge in [-0.2, -0.15) is 0 Å². The van der Waals surface area contributed by atoms with Gasteiger partial charge >= 0.3 is 5.97 Å². The highest BCUT2D eigenvalue weighted by Crippen LogP contribution is 2.25. The monoisotopic (exact) mass is 285 g/mol. The number of carboxylic acids is 1. The smallest absolute Gasteiger partial charge is 0.326 e. The molecule has 0 spiro atoms. The minimum absolute atomic E-state index is 0.302. The van der Waals surface area contributed by atoms with Crippen LogP contribution < -0.4 is 5.32 Å². The van der Waals surface area contributed by atoms with Crippen LogP contribution in [0.5, 0.6) is 0 Å². The number of hydrogen-bond donors (Lipinski definition) is 2. The van der Waals surface area contributed by atoms with Gasteiger partial charge in [0.2, 0.25) is 0 Å². The van der Waals surface area contributed by atoms with Crippen LogP contribution in [0.25, 0.3) is 0 Å². The van der Waals surface area contributed by atoms with Crippen LogP contribution in [0.4, 0.5) is 0 Å². The minimum atomic E-state index is -1.02. The first-order chi connectivity index (χ1) is 8.77. The van der Waals surface area contributed by atoms with Gasteiger partial charge in [-0.25, -0.2) is 4.79 Å². The van der Waals surface area contributed by atoms with Gasteiger partial charge in [-0.05, 0) is 18.0 Å². The Balaban J connectivity index is 2.89. The number of aliphatic carboxylic acids is 1. The summed E-state index contributed by atoms with van der Waals surface area (Å²) in [5, 5.41) is 15.5. The second-order valence-electron chi connectivity index (χ2n) is 5.35. The molecular weight excluding hydrogens is 266 g/mol. The highest BCUT2D eigenvalue weighted by Gasteiger charge is 2.28. The summed E-state index contributed by atoms with van der Waals surface area (Å²) >= 11 is 0.990. The average Bonchev–Trinajstić information content (AvgIpc) is 2.76. The summed E-state index contributed by atoms with van der Waals surface area (Å²) in [5.41, 5.74) is 0.291. The van der Waals surface area contributed by atoms with Crippen LogP contribution in [0, 0.1) is 0 Å². The van der Waals surface area contributed by atoms with Gasteiger partial charge in [-0.15, -0.1) is 5.10 Å². The van der Waals surface area contributed by atoms with Crippen molar-refractivity contribution in [1.29, 1.82) is 0 Å². The lowest BCUT2D eigenvalue weighted by atomic mass is 9.91. The van der Waals surface area contributed by atoms with E-state index < -0.39 is 17.9 Å². The first kappa shape index (κ1) is 15.6. The molecule has 0 aliphatic carbocycles. The van der Waals surface area contributed by atoms with Crippen molar-refractivity contribution in [2.24, 2.45) is 0 Å². The van der Waals surface area contributed by atoms with Gasteiger partial charge < -0.3 is 10.4 Å². The largest absolute Gasteiger partial charge is 0.480 e. The van der Waals surface area contributed by atoms with E-state index in [9.17, 15) is 9.59 Å². The number of carboxylic acid groups (broad SMARTS) is 1. The van der Waals surface area contributed by atoms with Crippen LogP contribution in [0.3, 0.4) is 0 Å². The van der Waals surface area contributed by atoms with E-state index in [4.69, 9.17) is 5.11 Å². The summed E-state index contributed by atoms with van der Waals surface area (Å²) in [5.74, 6) is -1.44. The maximum absolute atomic E-state index is 12.1. The number of carbonyl (C=O) groups is 2. The molecule has 7 heteroatoms. The van der Waals surface area contributed by atoms with E-state index in [2.05, 4.69) is 14.9 Å². The van der Waals surface area contributed by atoms with E-state index in [0.717, 1.165) is 11.5 Å². The Bertz CT molecular complexity index is 465. The molecule has 1 aromatic heterocycles. The van der Waals surface area contributed by atoms with Crippen molar-refractivity contribution >= 4 is 23.4 Å². The molecule has 19 heavy (non-hydrogen) atoms. The van der Waals surface area contributed by atoms with E-state index in [0.29, 0.717) is 23.4 Å². The van der Waals surface area contributed by atoms with Gasteiger partial charge in [-0.3, -0.25) is 4.79 Å². The average molecular weight is 285 g/mol. The Kier molecular flexibility index (Phi) is 4.99. The topological polar surface area (TPSA) is 92.2 Å². The minimum Gasteiger partial charge on any atom is -0.480 e. The van der Waals surface area contributed by atoms with Crippen LogP contribution in [0.1, 0.15) is 55.9 Å². The maximum atomic E-state index is 12.1. The van der Waals surface area contributed by atoms with Crippen LogP contribution in [0.2, 0.25) is 0 Å². The van der Waals surface area contributed by atoms with Gasteiger partial charge in [-0.1, -0.05) is 38.6 Å². The number of nitrogens with one attached hydrogen (secondary N) is 1. The van der Waals surface area contributed by atoms with E-state index in [-0.39, 0.29) is 5.41 Å². The SMILES string of the molecule is CCCC(NC(=O)c1snnc1C(C)(C)C)C(=O)O. The molecule has 0 aromatic carbocycles. The normalized spacial score (nSPS) is 13.1. The van der Waals surface area contributed by atoms with Crippen LogP contribution in [-0.4, -0.2) is 32.6 Å². The molecule has 0 aliphatic heterocycles. The number of amides is 1. The lowest BCUT2D eigenvalue weighted by molar-refractivity contribution is -0.139. The Morgan fingerprint density at radius 1 is 1.42 bits per heavy atom. The molecule has 1 rings (SSSR count). The second kappa shape index (κ2) is 6.10. The summed E-state index contributed by atoms with van der Waals surface area (Å²) in [4.78, 5) is 23.5. The fraction of sp³-hybridized carbons (Fsp3) is 0.667. The molecule has 1 unspecified atom stereocenters. The molecule has 0 saturated heterocycles. The molecule has 106 valence electrons. The zero-order valence-corrected chi connectivity index (χ0v) is 12.4. The van der Waals surface area contributed by atoms with Crippen LogP contribution >= 0.6 is 11.5 Å². The molecule has 1 atom stereocenters. The Morgan fingerprint density at radius 2 is 2.05 bits per heavy atom. The summed E-state index contributed by atoms with van der Waals surface area (Å²) in [6.45, 7) is 7.67. The molecule has 1 heterocycles. The summed E-state index contributed by atoms with van der Waals surface area (Å²) in [7, 11) is 0. The highest BCUT2D eigenvalue weighted by molar-refractivity contribution is 7.08. The lowest BCUT2D eigenvalue weighted by Gasteiger charge is -2.17. The number of nitrogens with zero attached hydrogens (tertiary/aromatic N) is 2. The fourth-order valence-corrected chi connectivity index (χ4v) is 2.38. The van der Waals surface area contributed by atoms with Crippen LogP contribution in [-0.2, 0) is 10.2 Å². The van der Waals surface area contributed by atoms with Crippen LogP contribution in [0.15, 0.2) is 0 Å². The van der Waals surface area contributed by atoms with Crippen molar-refractivity contribution in [3.8, 4) is 0 Å². The van der Waals surface area contributed by atoms with Gasteiger partial charge in [0.15, 0.2) is 0 Å². The van der Waals surface area contributed by atoms with Crippen molar-refractivity contribution in [2.75, 3.05) is 0 Å². The Morgan fingerprint density at radius 3 is 2.53 bits per heavy atom. The molecule has 6 nitrogen and oxygen atoms in total. The first-order valence-corrected chi connectivity index (χ1v) is 6.91. The zero-order chi connectivity index (χ0) is 14.6. The van der Waals surface area contributed by atoms with E-state index >= 15 is 0 Å². The van der Waals surface area contributed by atoms with Gasteiger partial charge in [0.25, 0.3) is 5.91 Å². The number of aromatic nitrogens is 2. The third-order valence-electron chi connectivity index (χ3n) is 2.59. The van der Waals surface area contributed by atoms with Gasteiger partial charge in [0.05, 0.1) is 5.69 Å². The quantitative estimate of drug-likeness (QED) is 0.861. The Hall–Kier alpha value is -1.50. The van der Waals surface area contributed by atoms with Crippen molar-refractivity contribution in [3.05, 3.63) is 10.6 Å². The molecule has 0 saturated carbocycles. The fourth-order valence-electron chi connectivity index (χ4n) is 1.60. The molecule has 0 fully saturated rings. The molecule has 0 aliphatic rings. The van der Waals surface area contributed by atoms with Gasteiger partial charge in [0, 0.05) is 5.41 Å². The summed E-state index contributed by atoms with van der Waals surface area (Å²) < 4.78 is 3.79. The van der Waals surface area contributed by atoms with Gasteiger partial charge in [0.1, 0.15) is 10.9 Å².